The van der Waals surface area contributed by atoms with Crippen molar-refractivity contribution in [1.29, 1.82) is 0 Å². The van der Waals surface area contributed by atoms with Crippen molar-refractivity contribution in [1.82, 2.24) is 20.6 Å². The average molecular weight is 364 g/mol. The summed E-state index contributed by atoms with van der Waals surface area (Å²) in [6.07, 6.45) is 8.18. The van der Waals surface area contributed by atoms with Gasteiger partial charge in [0.1, 0.15) is 12.1 Å². The summed E-state index contributed by atoms with van der Waals surface area (Å²) in [6, 6.07) is -1.86. The predicted molar refractivity (Wildman–Crippen MR) is 95.2 cm³/mol. The molecule has 8 nitrogen and oxygen atoms in total. The number of carbonyl (C=O) groups excluding carboxylic acids is 2. The molecule has 2 rings (SSSR count). The van der Waals surface area contributed by atoms with E-state index in [2.05, 4.69) is 20.6 Å². The highest BCUT2D eigenvalue weighted by Gasteiger charge is 2.31. The zero-order valence-corrected chi connectivity index (χ0v) is 15.3. The van der Waals surface area contributed by atoms with Gasteiger partial charge in [0.25, 0.3) is 0 Å². The molecule has 0 saturated heterocycles. The Kier molecular flexibility index (Phi) is 7.17. The van der Waals surface area contributed by atoms with E-state index in [0.717, 1.165) is 32.1 Å². The van der Waals surface area contributed by atoms with Gasteiger partial charge in [-0.3, -0.25) is 9.59 Å². The van der Waals surface area contributed by atoms with E-state index in [4.69, 9.17) is 0 Å². The number of nitrogens with zero attached hydrogens (tertiary/aromatic N) is 1. The monoisotopic (exact) mass is 364 g/mol. The molecular formula is C18H28N4O4. The number of carbonyl (C=O) groups is 3. The van der Waals surface area contributed by atoms with Gasteiger partial charge in [0.15, 0.2) is 0 Å². The van der Waals surface area contributed by atoms with Gasteiger partial charge in [0.2, 0.25) is 11.8 Å². The van der Waals surface area contributed by atoms with E-state index < -0.39 is 24.0 Å². The normalized spacial score (nSPS) is 17.5. The number of rotatable bonds is 8. The summed E-state index contributed by atoms with van der Waals surface area (Å²) in [7, 11) is 0. The van der Waals surface area contributed by atoms with Gasteiger partial charge in [0, 0.05) is 18.5 Å². The fourth-order valence-electron chi connectivity index (χ4n) is 3.24. The third-order valence-electron chi connectivity index (χ3n) is 4.81. The van der Waals surface area contributed by atoms with E-state index in [1.807, 2.05) is 0 Å². The number of nitrogens with one attached hydrogen (secondary N) is 3. The average Bonchev–Trinajstić information content (AvgIpc) is 3.12. The minimum atomic E-state index is -1.09. The van der Waals surface area contributed by atoms with Crippen LogP contribution in [0, 0.1) is 11.8 Å². The first-order chi connectivity index (χ1) is 12.4. The van der Waals surface area contributed by atoms with Crippen LogP contribution in [0.15, 0.2) is 12.5 Å². The largest absolute Gasteiger partial charge is 0.480 e. The maximum Gasteiger partial charge on any atom is 0.326 e. The van der Waals surface area contributed by atoms with Gasteiger partial charge in [-0.15, -0.1) is 0 Å². The topological polar surface area (TPSA) is 124 Å². The van der Waals surface area contributed by atoms with Crippen LogP contribution in [-0.2, 0) is 20.8 Å². The Bertz CT molecular complexity index is 609. The summed E-state index contributed by atoms with van der Waals surface area (Å²) in [5.74, 6) is -2.09. The van der Waals surface area contributed by atoms with Gasteiger partial charge in [-0.2, -0.15) is 0 Å². The molecule has 2 atom stereocenters. The third kappa shape index (κ3) is 5.57. The lowest BCUT2D eigenvalue weighted by atomic mass is 9.88. The van der Waals surface area contributed by atoms with Crippen molar-refractivity contribution in [2.45, 2.75) is 64.5 Å². The second kappa shape index (κ2) is 9.35. The van der Waals surface area contributed by atoms with Gasteiger partial charge in [-0.1, -0.05) is 33.1 Å². The van der Waals surface area contributed by atoms with Crippen LogP contribution >= 0.6 is 0 Å². The number of carboxylic acid groups (broad SMARTS) is 1. The summed E-state index contributed by atoms with van der Waals surface area (Å²) in [5, 5.41) is 14.7. The molecule has 0 unspecified atom stereocenters. The molecule has 1 fully saturated rings. The number of hydrogen-bond acceptors (Lipinski definition) is 4. The number of aromatic amines is 1. The first-order valence-corrected chi connectivity index (χ1v) is 9.19. The SMILES string of the molecule is CC(C)[C@H](NC(=O)[C@H](Cc1c[nH]cn1)NC(=O)C1CCCCC1)C(=O)O. The van der Waals surface area contributed by atoms with Crippen molar-refractivity contribution in [2.75, 3.05) is 0 Å². The fourth-order valence-corrected chi connectivity index (χ4v) is 3.24. The van der Waals surface area contributed by atoms with Crippen molar-refractivity contribution < 1.29 is 19.5 Å². The van der Waals surface area contributed by atoms with E-state index in [1.165, 1.54) is 6.33 Å². The van der Waals surface area contributed by atoms with Crippen LogP contribution in [-0.4, -0.2) is 44.9 Å². The first-order valence-electron chi connectivity index (χ1n) is 9.19. The summed E-state index contributed by atoms with van der Waals surface area (Å²) >= 11 is 0. The molecule has 4 N–H and O–H groups in total. The Hall–Kier alpha value is -2.38. The van der Waals surface area contributed by atoms with Crippen LogP contribution in [0.4, 0.5) is 0 Å². The van der Waals surface area contributed by atoms with E-state index >= 15 is 0 Å². The third-order valence-corrected chi connectivity index (χ3v) is 4.81. The zero-order chi connectivity index (χ0) is 19.1. The molecule has 1 aromatic rings. The van der Waals surface area contributed by atoms with Gasteiger partial charge in [0.05, 0.1) is 12.0 Å². The number of aromatic nitrogens is 2. The highest BCUT2D eigenvalue weighted by atomic mass is 16.4. The lowest BCUT2D eigenvalue weighted by molar-refractivity contribution is -0.143. The Labute approximate surface area is 153 Å². The number of amides is 2. The van der Waals surface area contributed by atoms with E-state index in [0.29, 0.717) is 5.69 Å². The van der Waals surface area contributed by atoms with Crippen molar-refractivity contribution in [2.24, 2.45) is 11.8 Å². The minimum Gasteiger partial charge on any atom is -0.480 e. The van der Waals surface area contributed by atoms with Gasteiger partial charge in [-0.25, -0.2) is 9.78 Å². The summed E-state index contributed by atoms with van der Waals surface area (Å²) in [6.45, 7) is 3.45. The molecule has 2 amide bonds. The van der Waals surface area contributed by atoms with E-state index in [1.54, 1.807) is 20.0 Å². The van der Waals surface area contributed by atoms with Crippen LogP contribution in [0.3, 0.4) is 0 Å². The molecule has 144 valence electrons. The molecule has 0 spiro atoms. The Morgan fingerprint density at radius 3 is 2.46 bits per heavy atom. The minimum absolute atomic E-state index is 0.0846. The van der Waals surface area contributed by atoms with Crippen LogP contribution in [0.1, 0.15) is 51.6 Å². The van der Waals surface area contributed by atoms with E-state index in [-0.39, 0.29) is 24.2 Å². The maximum absolute atomic E-state index is 12.7. The van der Waals surface area contributed by atoms with Crippen molar-refractivity contribution in [3.05, 3.63) is 18.2 Å². The van der Waals surface area contributed by atoms with Crippen LogP contribution in [0.2, 0.25) is 0 Å². The summed E-state index contributed by atoms with van der Waals surface area (Å²) in [5.41, 5.74) is 0.630. The van der Waals surface area contributed by atoms with Gasteiger partial charge in [-0.05, 0) is 18.8 Å². The molecule has 1 aliphatic carbocycles. The molecule has 26 heavy (non-hydrogen) atoms. The van der Waals surface area contributed by atoms with Crippen molar-refractivity contribution in [3.8, 4) is 0 Å². The fraction of sp³-hybridized carbons (Fsp3) is 0.667. The smallest absolute Gasteiger partial charge is 0.326 e. The highest BCUT2D eigenvalue weighted by Crippen LogP contribution is 2.23. The number of hydrogen-bond donors (Lipinski definition) is 4. The molecule has 1 heterocycles. The molecule has 8 heteroatoms. The second-order valence-electron chi connectivity index (χ2n) is 7.23. The predicted octanol–water partition coefficient (Wildman–Crippen LogP) is 1.24. The van der Waals surface area contributed by atoms with Gasteiger partial charge < -0.3 is 20.7 Å². The molecule has 0 aromatic carbocycles. The number of imidazole rings is 1. The van der Waals surface area contributed by atoms with Crippen molar-refractivity contribution in [3.63, 3.8) is 0 Å². The molecule has 0 radical (unpaired) electrons. The maximum atomic E-state index is 12.7. The van der Waals surface area contributed by atoms with Crippen LogP contribution in [0.5, 0.6) is 0 Å². The number of carboxylic acids is 1. The highest BCUT2D eigenvalue weighted by molar-refractivity contribution is 5.91. The Morgan fingerprint density at radius 2 is 1.92 bits per heavy atom. The zero-order valence-electron chi connectivity index (χ0n) is 15.3. The summed E-state index contributed by atoms with van der Waals surface area (Å²) in [4.78, 5) is 43.5. The van der Waals surface area contributed by atoms with Gasteiger partial charge >= 0.3 is 5.97 Å². The molecular weight excluding hydrogens is 336 g/mol. The molecule has 0 bridgehead atoms. The second-order valence-corrected chi connectivity index (χ2v) is 7.23. The standard InChI is InChI=1S/C18H28N4O4/c1-11(2)15(18(25)26)22-17(24)14(8-13-9-19-10-20-13)21-16(23)12-6-4-3-5-7-12/h9-12,14-15H,3-8H2,1-2H3,(H,19,20)(H,21,23)(H,22,24)(H,25,26)/t14-,15-/m0/s1. The number of H-pyrrole nitrogens is 1. The number of aliphatic carboxylic acids is 1. The van der Waals surface area contributed by atoms with Crippen LogP contribution in [0.25, 0.3) is 0 Å². The Balaban J connectivity index is 2.07. The molecule has 1 saturated carbocycles. The quantitative estimate of drug-likeness (QED) is 0.552. The molecule has 0 aliphatic heterocycles. The Morgan fingerprint density at radius 1 is 1.23 bits per heavy atom. The van der Waals surface area contributed by atoms with Crippen molar-refractivity contribution >= 4 is 17.8 Å². The lowest BCUT2D eigenvalue weighted by Gasteiger charge is -2.26. The van der Waals surface area contributed by atoms with E-state index in [9.17, 15) is 19.5 Å². The lowest BCUT2D eigenvalue weighted by Crippen LogP contribution is -2.54. The first kappa shape index (κ1) is 19.9. The summed E-state index contributed by atoms with van der Waals surface area (Å²) < 4.78 is 0. The molecule has 1 aliphatic rings. The molecule has 1 aromatic heterocycles. The van der Waals surface area contributed by atoms with Crippen LogP contribution < -0.4 is 10.6 Å².